The Hall–Kier alpha value is -1.14. The SMILES string of the molecule is COCC(=O)N[C@@H]1CCCC[C@H]1NC(=O)COC. The van der Waals surface area contributed by atoms with Crippen LogP contribution in [0.3, 0.4) is 0 Å². The van der Waals surface area contributed by atoms with Gasteiger partial charge in [0.1, 0.15) is 13.2 Å². The van der Waals surface area contributed by atoms with Gasteiger partial charge in [-0.1, -0.05) is 12.8 Å². The van der Waals surface area contributed by atoms with Crippen molar-refractivity contribution in [3.05, 3.63) is 0 Å². The van der Waals surface area contributed by atoms with Crippen molar-refractivity contribution in [1.29, 1.82) is 0 Å². The van der Waals surface area contributed by atoms with Crippen molar-refractivity contribution in [1.82, 2.24) is 10.6 Å². The van der Waals surface area contributed by atoms with Crippen molar-refractivity contribution in [2.45, 2.75) is 37.8 Å². The number of amides is 2. The molecule has 1 rings (SSSR count). The molecule has 18 heavy (non-hydrogen) atoms. The fourth-order valence-corrected chi connectivity index (χ4v) is 2.24. The Kier molecular flexibility index (Phi) is 6.67. The zero-order chi connectivity index (χ0) is 13.4. The van der Waals surface area contributed by atoms with E-state index in [0.717, 1.165) is 25.7 Å². The zero-order valence-electron chi connectivity index (χ0n) is 11.0. The Balaban J connectivity index is 2.46. The van der Waals surface area contributed by atoms with E-state index in [1.807, 2.05) is 0 Å². The summed E-state index contributed by atoms with van der Waals surface area (Å²) >= 11 is 0. The number of hydrogen-bond donors (Lipinski definition) is 2. The second-order valence-corrected chi connectivity index (χ2v) is 4.50. The van der Waals surface area contributed by atoms with E-state index in [0.29, 0.717) is 0 Å². The molecule has 104 valence electrons. The minimum atomic E-state index is -0.143. The second kappa shape index (κ2) is 8.05. The van der Waals surface area contributed by atoms with Crippen LogP contribution in [0.2, 0.25) is 0 Å². The maximum absolute atomic E-state index is 11.5. The lowest BCUT2D eigenvalue weighted by molar-refractivity contribution is -0.128. The van der Waals surface area contributed by atoms with Gasteiger partial charge in [0, 0.05) is 26.3 Å². The average molecular weight is 258 g/mol. The van der Waals surface area contributed by atoms with Gasteiger partial charge in [-0.05, 0) is 12.8 Å². The first-order valence-corrected chi connectivity index (χ1v) is 6.24. The highest BCUT2D eigenvalue weighted by Gasteiger charge is 2.27. The summed E-state index contributed by atoms with van der Waals surface area (Å²) in [7, 11) is 2.97. The summed E-state index contributed by atoms with van der Waals surface area (Å²) in [6, 6.07) is -0.0237. The summed E-state index contributed by atoms with van der Waals surface area (Å²) in [5.41, 5.74) is 0. The van der Waals surface area contributed by atoms with Crippen LogP contribution in [0.4, 0.5) is 0 Å². The lowest BCUT2D eigenvalue weighted by atomic mass is 9.90. The van der Waals surface area contributed by atoms with Crippen molar-refractivity contribution >= 4 is 11.8 Å². The van der Waals surface area contributed by atoms with Crippen LogP contribution in [0.5, 0.6) is 0 Å². The molecule has 2 amide bonds. The fourth-order valence-electron chi connectivity index (χ4n) is 2.24. The van der Waals surface area contributed by atoms with Crippen LogP contribution in [0.25, 0.3) is 0 Å². The van der Waals surface area contributed by atoms with E-state index >= 15 is 0 Å². The van der Waals surface area contributed by atoms with Crippen LogP contribution in [-0.4, -0.2) is 51.3 Å². The maximum atomic E-state index is 11.5. The summed E-state index contributed by atoms with van der Waals surface area (Å²) in [5.74, 6) is -0.286. The van der Waals surface area contributed by atoms with Gasteiger partial charge < -0.3 is 20.1 Å². The highest BCUT2D eigenvalue weighted by atomic mass is 16.5. The first-order chi connectivity index (χ1) is 8.67. The zero-order valence-corrected chi connectivity index (χ0v) is 11.0. The Bertz CT molecular complexity index is 255. The third kappa shape index (κ3) is 5.01. The molecule has 0 aromatic heterocycles. The standard InChI is InChI=1S/C12H22N2O4/c1-17-7-11(15)13-9-5-3-4-6-10(9)14-12(16)8-18-2/h9-10H,3-8H2,1-2H3,(H,13,15)(H,14,16)/t9-,10-/m1/s1. The molecule has 1 saturated carbocycles. The lowest BCUT2D eigenvalue weighted by Gasteiger charge is -2.32. The van der Waals surface area contributed by atoms with E-state index in [1.165, 1.54) is 14.2 Å². The van der Waals surface area contributed by atoms with Crippen LogP contribution >= 0.6 is 0 Å². The molecule has 6 heteroatoms. The van der Waals surface area contributed by atoms with Crippen molar-refractivity contribution in [3.63, 3.8) is 0 Å². The van der Waals surface area contributed by atoms with Gasteiger partial charge in [0.25, 0.3) is 0 Å². The Morgan fingerprint density at radius 2 is 1.33 bits per heavy atom. The van der Waals surface area contributed by atoms with Gasteiger partial charge in [-0.2, -0.15) is 0 Å². The van der Waals surface area contributed by atoms with Gasteiger partial charge in [0.05, 0.1) is 0 Å². The van der Waals surface area contributed by atoms with E-state index < -0.39 is 0 Å². The Morgan fingerprint density at radius 3 is 1.67 bits per heavy atom. The van der Waals surface area contributed by atoms with Gasteiger partial charge in [-0.3, -0.25) is 9.59 Å². The summed E-state index contributed by atoms with van der Waals surface area (Å²) in [6.07, 6.45) is 3.89. The van der Waals surface area contributed by atoms with Gasteiger partial charge >= 0.3 is 0 Å². The first-order valence-electron chi connectivity index (χ1n) is 6.24. The summed E-state index contributed by atoms with van der Waals surface area (Å²) in [6.45, 7) is 0.102. The van der Waals surface area contributed by atoms with E-state index in [-0.39, 0.29) is 37.1 Å². The number of carbonyl (C=O) groups excluding carboxylic acids is 2. The predicted molar refractivity (Wildman–Crippen MR) is 66.1 cm³/mol. The lowest BCUT2D eigenvalue weighted by Crippen LogP contribution is -2.54. The maximum Gasteiger partial charge on any atom is 0.246 e. The molecule has 0 spiro atoms. The molecule has 2 N–H and O–H groups in total. The number of carbonyl (C=O) groups is 2. The van der Waals surface area contributed by atoms with Gasteiger partial charge in [0.2, 0.25) is 11.8 Å². The molecular formula is C12H22N2O4. The molecule has 1 aliphatic carbocycles. The average Bonchev–Trinajstić information content (AvgIpc) is 2.32. The van der Waals surface area contributed by atoms with Gasteiger partial charge in [-0.25, -0.2) is 0 Å². The highest BCUT2D eigenvalue weighted by Crippen LogP contribution is 2.18. The topological polar surface area (TPSA) is 76.7 Å². The molecule has 1 aliphatic rings. The number of methoxy groups -OCH3 is 2. The molecule has 0 bridgehead atoms. The van der Waals surface area contributed by atoms with Crippen molar-refractivity contribution in [2.75, 3.05) is 27.4 Å². The van der Waals surface area contributed by atoms with E-state index in [2.05, 4.69) is 10.6 Å². The summed E-state index contributed by atoms with van der Waals surface area (Å²) in [5, 5.41) is 5.80. The molecule has 1 fully saturated rings. The van der Waals surface area contributed by atoms with Crippen LogP contribution in [0.15, 0.2) is 0 Å². The largest absolute Gasteiger partial charge is 0.375 e. The molecule has 0 heterocycles. The molecular weight excluding hydrogens is 236 g/mol. The van der Waals surface area contributed by atoms with Crippen molar-refractivity contribution < 1.29 is 19.1 Å². The smallest absolute Gasteiger partial charge is 0.246 e. The molecule has 0 unspecified atom stereocenters. The minimum Gasteiger partial charge on any atom is -0.375 e. The molecule has 6 nitrogen and oxygen atoms in total. The first kappa shape index (κ1) is 14.9. The van der Waals surface area contributed by atoms with Gasteiger partial charge in [0.15, 0.2) is 0 Å². The fraction of sp³-hybridized carbons (Fsp3) is 0.833. The van der Waals surface area contributed by atoms with Crippen LogP contribution in [-0.2, 0) is 19.1 Å². The normalized spacial score (nSPS) is 23.4. The molecule has 0 saturated heterocycles. The van der Waals surface area contributed by atoms with Crippen LogP contribution in [0.1, 0.15) is 25.7 Å². The predicted octanol–water partition coefficient (Wildman–Crippen LogP) is -0.177. The minimum absolute atomic E-state index is 0.0118. The third-order valence-corrected chi connectivity index (χ3v) is 3.01. The summed E-state index contributed by atoms with van der Waals surface area (Å²) < 4.78 is 9.56. The molecule has 2 atom stereocenters. The highest BCUT2D eigenvalue weighted by molar-refractivity contribution is 5.79. The van der Waals surface area contributed by atoms with E-state index in [9.17, 15) is 9.59 Å². The molecule has 0 aromatic rings. The molecule has 0 radical (unpaired) electrons. The van der Waals surface area contributed by atoms with Crippen molar-refractivity contribution in [3.8, 4) is 0 Å². The van der Waals surface area contributed by atoms with Crippen LogP contribution < -0.4 is 10.6 Å². The van der Waals surface area contributed by atoms with E-state index in [1.54, 1.807) is 0 Å². The third-order valence-electron chi connectivity index (χ3n) is 3.01. The van der Waals surface area contributed by atoms with Crippen molar-refractivity contribution in [2.24, 2.45) is 0 Å². The summed E-state index contributed by atoms with van der Waals surface area (Å²) in [4.78, 5) is 23.0. The number of hydrogen-bond acceptors (Lipinski definition) is 4. The number of rotatable bonds is 6. The molecule has 0 aromatic carbocycles. The van der Waals surface area contributed by atoms with Gasteiger partial charge in [-0.15, -0.1) is 0 Å². The second-order valence-electron chi connectivity index (χ2n) is 4.50. The monoisotopic (exact) mass is 258 g/mol. The Morgan fingerprint density at radius 1 is 0.944 bits per heavy atom. The number of nitrogens with one attached hydrogen (secondary N) is 2. The van der Waals surface area contributed by atoms with Crippen LogP contribution in [0, 0.1) is 0 Å². The Labute approximate surface area is 107 Å². The quantitative estimate of drug-likeness (QED) is 0.693. The molecule has 0 aliphatic heterocycles. The van der Waals surface area contributed by atoms with E-state index in [4.69, 9.17) is 9.47 Å². The number of ether oxygens (including phenoxy) is 2.